The van der Waals surface area contributed by atoms with E-state index in [1.54, 1.807) is 56.8 Å². The van der Waals surface area contributed by atoms with E-state index in [9.17, 15) is 14.7 Å². The summed E-state index contributed by atoms with van der Waals surface area (Å²) in [5, 5.41) is 17.9. The van der Waals surface area contributed by atoms with E-state index in [4.69, 9.17) is 0 Å². The van der Waals surface area contributed by atoms with Crippen LogP contribution in [0, 0.1) is 13.8 Å². The quantitative estimate of drug-likeness (QED) is 0.403. The maximum absolute atomic E-state index is 13.0. The number of Topliss-reactive ketones (excluding diaryl/α,β-unsaturated/α-hetero) is 1. The predicted molar refractivity (Wildman–Crippen MR) is 104 cm³/mol. The van der Waals surface area contributed by atoms with Crippen molar-refractivity contribution in [3.05, 3.63) is 82.7 Å². The van der Waals surface area contributed by atoms with Gasteiger partial charge in [0.1, 0.15) is 5.76 Å². The number of nitrogens with zero attached hydrogens (tertiary/aromatic N) is 4. The molecule has 2 N–H and O–H groups in total. The number of aromatic amines is 1. The number of aliphatic hydroxyl groups excluding tert-OH is 1. The Balaban J connectivity index is 1.89. The minimum absolute atomic E-state index is 0.0273. The lowest BCUT2D eigenvalue weighted by Crippen LogP contribution is -2.29. The standard InChI is InChI=1S/C21H19N5O3/c1-12-16(13(2)25-24-12)19(27)17-18(15-6-4-8-23-10-15)26(21(29)20(17)28)11-14-5-3-7-22-9-14/h3-10,18,27H,11H2,1-2H3,(H,24,25)/t18-/m1/s1. The van der Waals surface area contributed by atoms with Crippen molar-refractivity contribution in [2.24, 2.45) is 0 Å². The van der Waals surface area contributed by atoms with E-state index in [-0.39, 0.29) is 17.9 Å². The van der Waals surface area contributed by atoms with Crippen LogP contribution in [0.2, 0.25) is 0 Å². The summed E-state index contributed by atoms with van der Waals surface area (Å²) in [7, 11) is 0. The van der Waals surface area contributed by atoms with Gasteiger partial charge in [-0.2, -0.15) is 5.10 Å². The molecule has 0 aromatic carbocycles. The fourth-order valence-electron chi connectivity index (χ4n) is 3.65. The van der Waals surface area contributed by atoms with Crippen LogP contribution in [0.3, 0.4) is 0 Å². The fraction of sp³-hybridized carbons (Fsp3) is 0.190. The third-order valence-corrected chi connectivity index (χ3v) is 4.98. The second kappa shape index (κ2) is 7.31. The second-order valence-corrected chi connectivity index (χ2v) is 6.88. The van der Waals surface area contributed by atoms with E-state index in [1.165, 1.54) is 4.90 Å². The molecule has 29 heavy (non-hydrogen) atoms. The molecule has 8 heteroatoms. The van der Waals surface area contributed by atoms with E-state index in [1.807, 2.05) is 6.07 Å². The number of aliphatic hydroxyl groups is 1. The molecule has 4 rings (SSSR count). The highest BCUT2D eigenvalue weighted by atomic mass is 16.3. The number of aryl methyl sites for hydroxylation is 2. The largest absolute Gasteiger partial charge is 0.507 e. The van der Waals surface area contributed by atoms with Crippen LogP contribution in [0.5, 0.6) is 0 Å². The Labute approximate surface area is 166 Å². The first kappa shape index (κ1) is 18.5. The molecule has 3 aromatic rings. The van der Waals surface area contributed by atoms with Gasteiger partial charge in [-0.15, -0.1) is 0 Å². The number of hydrogen-bond donors (Lipinski definition) is 2. The van der Waals surface area contributed by atoms with Crippen LogP contribution >= 0.6 is 0 Å². The molecule has 3 aromatic heterocycles. The van der Waals surface area contributed by atoms with Gasteiger partial charge in [0.25, 0.3) is 11.7 Å². The molecular formula is C21H19N5O3. The number of pyridine rings is 2. The number of nitrogens with one attached hydrogen (secondary N) is 1. The van der Waals surface area contributed by atoms with E-state index >= 15 is 0 Å². The molecule has 1 fully saturated rings. The smallest absolute Gasteiger partial charge is 0.295 e. The molecular weight excluding hydrogens is 370 g/mol. The van der Waals surface area contributed by atoms with Crippen LogP contribution in [0.15, 0.2) is 54.6 Å². The number of aromatic nitrogens is 4. The first-order valence-corrected chi connectivity index (χ1v) is 9.08. The van der Waals surface area contributed by atoms with Crippen molar-refractivity contribution in [1.82, 2.24) is 25.1 Å². The Hall–Kier alpha value is -3.81. The lowest BCUT2D eigenvalue weighted by molar-refractivity contribution is -0.140. The Morgan fingerprint density at radius 2 is 1.86 bits per heavy atom. The molecule has 1 aliphatic rings. The molecule has 0 aliphatic carbocycles. The summed E-state index contributed by atoms with van der Waals surface area (Å²) in [6.07, 6.45) is 6.49. The zero-order chi connectivity index (χ0) is 20.5. The van der Waals surface area contributed by atoms with Gasteiger partial charge in [0.15, 0.2) is 0 Å². The first-order valence-electron chi connectivity index (χ1n) is 9.08. The van der Waals surface area contributed by atoms with Gasteiger partial charge in [-0.3, -0.25) is 24.7 Å². The van der Waals surface area contributed by atoms with Gasteiger partial charge in [-0.25, -0.2) is 0 Å². The van der Waals surface area contributed by atoms with E-state index < -0.39 is 17.7 Å². The molecule has 1 atom stereocenters. The normalized spacial score (nSPS) is 18.4. The van der Waals surface area contributed by atoms with Crippen molar-refractivity contribution in [1.29, 1.82) is 0 Å². The van der Waals surface area contributed by atoms with Gasteiger partial charge >= 0.3 is 0 Å². The van der Waals surface area contributed by atoms with E-state index in [0.717, 1.165) is 5.56 Å². The third-order valence-electron chi connectivity index (χ3n) is 4.98. The Morgan fingerprint density at radius 3 is 2.45 bits per heavy atom. The van der Waals surface area contributed by atoms with Crippen LogP contribution in [0.1, 0.15) is 34.1 Å². The second-order valence-electron chi connectivity index (χ2n) is 6.88. The molecule has 0 bridgehead atoms. The van der Waals surface area contributed by atoms with Crippen LogP contribution in [0.25, 0.3) is 5.76 Å². The highest BCUT2D eigenvalue weighted by molar-refractivity contribution is 6.46. The summed E-state index contributed by atoms with van der Waals surface area (Å²) in [5.41, 5.74) is 3.03. The van der Waals surface area contributed by atoms with Gasteiger partial charge in [0.05, 0.1) is 22.9 Å². The van der Waals surface area contributed by atoms with E-state index in [2.05, 4.69) is 20.2 Å². The molecule has 1 aliphatic heterocycles. The zero-order valence-corrected chi connectivity index (χ0v) is 16.0. The van der Waals surface area contributed by atoms with Gasteiger partial charge in [-0.05, 0) is 37.1 Å². The van der Waals surface area contributed by atoms with Crippen molar-refractivity contribution in [2.75, 3.05) is 0 Å². The molecule has 0 radical (unpaired) electrons. The zero-order valence-electron chi connectivity index (χ0n) is 16.0. The summed E-state index contributed by atoms with van der Waals surface area (Å²) in [6.45, 7) is 3.65. The average molecular weight is 389 g/mol. The maximum atomic E-state index is 13.0. The van der Waals surface area contributed by atoms with Crippen LogP contribution in [0.4, 0.5) is 0 Å². The molecule has 4 heterocycles. The number of amides is 1. The summed E-state index contributed by atoms with van der Waals surface area (Å²) in [6, 6.07) is 6.34. The molecule has 1 amide bonds. The SMILES string of the molecule is Cc1n[nH]c(C)c1C(O)=C1C(=O)C(=O)N(Cc2cccnc2)[C@@H]1c1cccnc1. The van der Waals surface area contributed by atoms with Crippen molar-refractivity contribution < 1.29 is 14.7 Å². The van der Waals surface area contributed by atoms with Crippen molar-refractivity contribution >= 4 is 17.4 Å². The first-order chi connectivity index (χ1) is 14.0. The van der Waals surface area contributed by atoms with Gasteiger partial charge in [0.2, 0.25) is 0 Å². The number of carbonyl (C=O) groups excluding carboxylic acids is 2. The van der Waals surface area contributed by atoms with Gasteiger partial charge < -0.3 is 10.0 Å². The third kappa shape index (κ3) is 3.18. The van der Waals surface area contributed by atoms with Crippen LogP contribution < -0.4 is 0 Å². The fourth-order valence-corrected chi connectivity index (χ4v) is 3.65. The van der Waals surface area contributed by atoms with Crippen LogP contribution in [-0.4, -0.2) is 41.9 Å². The highest BCUT2D eigenvalue weighted by Gasteiger charge is 2.46. The number of H-pyrrole nitrogens is 1. The number of ketones is 1. The van der Waals surface area contributed by atoms with Gasteiger partial charge in [-0.1, -0.05) is 12.1 Å². The van der Waals surface area contributed by atoms with Crippen LogP contribution in [-0.2, 0) is 16.1 Å². The number of likely N-dealkylation sites (tertiary alicyclic amines) is 1. The summed E-state index contributed by atoms with van der Waals surface area (Å²) >= 11 is 0. The molecule has 0 spiro atoms. The topological polar surface area (TPSA) is 112 Å². The van der Waals surface area contributed by atoms with E-state index in [0.29, 0.717) is 22.5 Å². The predicted octanol–water partition coefficient (Wildman–Crippen LogP) is 2.44. The molecule has 146 valence electrons. The van der Waals surface area contributed by atoms with Crippen molar-refractivity contribution in [3.8, 4) is 0 Å². The summed E-state index contributed by atoms with van der Waals surface area (Å²) in [5.74, 6) is -1.65. The average Bonchev–Trinajstić information content (AvgIpc) is 3.20. The minimum atomic E-state index is -0.766. The Kier molecular flexibility index (Phi) is 4.67. The number of carbonyl (C=O) groups is 2. The lowest BCUT2D eigenvalue weighted by atomic mass is 9.95. The highest BCUT2D eigenvalue weighted by Crippen LogP contribution is 2.40. The number of rotatable bonds is 4. The monoisotopic (exact) mass is 389 g/mol. The van der Waals surface area contributed by atoms with Gasteiger partial charge in [0, 0.05) is 37.0 Å². The maximum Gasteiger partial charge on any atom is 0.295 e. The summed E-state index contributed by atoms with van der Waals surface area (Å²) in [4.78, 5) is 35.5. The lowest BCUT2D eigenvalue weighted by Gasteiger charge is -2.25. The Morgan fingerprint density at radius 1 is 1.14 bits per heavy atom. The molecule has 0 unspecified atom stereocenters. The number of hydrogen-bond acceptors (Lipinski definition) is 6. The Bertz CT molecular complexity index is 1090. The minimum Gasteiger partial charge on any atom is -0.507 e. The van der Waals surface area contributed by atoms with Crippen molar-refractivity contribution in [2.45, 2.75) is 26.4 Å². The van der Waals surface area contributed by atoms with Crippen molar-refractivity contribution in [3.63, 3.8) is 0 Å². The molecule has 8 nitrogen and oxygen atoms in total. The molecule has 0 saturated carbocycles. The molecule has 1 saturated heterocycles. The summed E-state index contributed by atoms with van der Waals surface area (Å²) < 4.78 is 0.